The first-order valence-electron chi connectivity index (χ1n) is 16.0. The van der Waals surface area contributed by atoms with Gasteiger partial charge in [0.15, 0.2) is 17.5 Å². The summed E-state index contributed by atoms with van der Waals surface area (Å²) in [5, 5.41) is 3.24. The SMILES string of the molecule is C=C(/C=C\C=C/C)c1nc2c3ccccc3c3cc(-c4nc(-c5ccccc5)nc(-c5ccccc5)n4)ccc3n2c1-c1ccccc1. The van der Waals surface area contributed by atoms with E-state index < -0.39 is 0 Å². The summed E-state index contributed by atoms with van der Waals surface area (Å²) in [6.07, 6.45) is 8.03. The van der Waals surface area contributed by atoms with Crippen LogP contribution in [0.15, 0.2) is 164 Å². The van der Waals surface area contributed by atoms with Crippen molar-refractivity contribution in [3.8, 4) is 45.4 Å². The molecule has 0 bridgehead atoms. The van der Waals surface area contributed by atoms with Crippen LogP contribution in [0.4, 0.5) is 0 Å². The molecule has 0 N–H and O–H groups in total. The van der Waals surface area contributed by atoms with Gasteiger partial charge < -0.3 is 0 Å². The molecule has 5 aromatic carbocycles. The number of aromatic nitrogens is 5. The van der Waals surface area contributed by atoms with Crippen LogP contribution in [0.5, 0.6) is 0 Å². The molecule has 0 fully saturated rings. The topological polar surface area (TPSA) is 56.0 Å². The van der Waals surface area contributed by atoms with Crippen LogP contribution in [0.2, 0.25) is 0 Å². The maximum atomic E-state index is 5.27. The first-order chi connectivity index (χ1) is 23.7. The van der Waals surface area contributed by atoms with Crippen molar-refractivity contribution in [3.05, 3.63) is 170 Å². The van der Waals surface area contributed by atoms with Gasteiger partial charge in [-0.3, -0.25) is 4.40 Å². The van der Waals surface area contributed by atoms with Gasteiger partial charge in [0.1, 0.15) is 5.65 Å². The van der Waals surface area contributed by atoms with E-state index in [4.69, 9.17) is 19.9 Å². The van der Waals surface area contributed by atoms with Gasteiger partial charge in [0.25, 0.3) is 0 Å². The summed E-state index contributed by atoms with van der Waals surface area (Å²) in [7, 11) is 0. The average Bonchev–Trinajstić information content (AvgIpc) is 3.57. The Morgan fingerprint density at radius 2 is 1.08 bits per heavy atom. The predicted molar refractivity (Wildman–Crippen MR) is 198 cm³/mol. The Bertz CT molecular complexity index is 2450. The summed E-state index contributed by atoms with van der Waals surface area (Å²) in [4.78, 5) is 20.2. The lowest BCUT2D eigenvalue weighted by Gasteiger charge is -2.13. The van der Waals surface area contributed by atoms with Crippen LogP contribution in [-0.2, 0) is 0 Å². The minimum Gasteiger partial charge on any atom is -0.291 e. The molecule has 0 aliphatic heterocycles. The standard InChI is InChI=1S/C43H31N5/c1-3-4-8-17-29(2)38-39(30-18-9-5-10-19-30)48-37-27-26-33(28-36(37)34-24-15-16-25-35(34)43(48)44-38)42-46-40(31-20-11-6-12-21-31)45-41(47-42)32-22-13-7-14-23-32/h3-28H,2H2,1H3/b4-3-,17-8-. The number of rotatable bonds is 7. The summed E-state index contributed by atoms with van der Waals surface area (Å²) in [6.45, 7) is 6.44. The van der Waals surface area contributed by atoms with Gasteiger partial charge in [0, 0.05) is 33.0 Å². The number of hydrogen-bond donors (Lipinski definition) is 0. The molecule has 5 nitrogen and oxygen atoms in total. The fourth-order valence-electron chi connectivity index (χ4n) is 6.22. The summed E-state index contributed by atoms with van der Waals surface area (Å²) in [6, 6.07) is 45.5. The molecule has 0 saturated carbocycles. The number of pyridine rings is 1. The van der Waals surface area contributed by atoms with Crippen LogP contribution in [0.1, 0.15) is 12.6 Å². The van der Waals surface area contributed by atoms with E-state index in [0.717, 1.165) is 66.5 Å². The first-order valence-corrected chi connectivity index (χ1v) is 16.0. The van der Waals surface area contributed by atoms with Gasteiger partial charge in [-0.2, -0.15) is 0 Å². The largest absolute Gasteiger partial charge is 0.291 e. The lowest BCUT2D eigenvalue weighted by molar-refractivity contribution is 1.07. The number of nitrogens with zero attached hydrogens (tertiary/aromatic N) is 5. The van der Waals surface area contributed by atoms with E-state index in [1.54, 1.807) is 0 Å². The second-order valence-corrected chi connectivity index (χ2v) is 11.6. The quantitative estimate of drug-likeness (QED) is 0.132. The first kappa shape index (κ1) is 29.0. The normalized spacial score (nSPS) is 11.8. The van der Waals surface area contributed by atoms with Crippen molar-refractivity contribution < 1.29 is 0 Å². The van der Waals surface area contributed by atoms with Crippen LogP contribution < -0.4 is 0 Å². The van der Waals surface area contributed by atoms with Crippen LogP contribution in [0.3, 0.4) is 0 Å². The van der Waals surface area contributed by atoms with Gasteiger partial charge in [0.2, 0.25) is 0 Å². The minimum absolute atomic E-state index is 0.617. The van der Waals surface area contributed by atoms with Gasteiger partial charge in [0.05, 0.1) is 16.9 Å². The summed E-state index contributed by atoms with van der Waals surface area (Å²) in [5.41, 5.74) is 8.47. The zero-order valence-corrected chi connectivity index (χ0v) is 26.5. The highest BCUT2D eigenvalue weighted by Gasteiger charge is 2.21. The number of hydrogen-bond acceptors (Lipinski definition) is 4. The molecule has 8 rings (SSSR count). The maximum Gasteiger partial charge on any atom is 0.164 e. The molecule has 0 aliphatic carbocycles. The second kappa shape index (κ2) is 12.4. The van der Waals surface area contributed by atoms with E-state index in [-0.39, 0.29) is 0 Å². The van der Waals surface area contributed by atoms with E-state index in [2.05, 4.69) is 77.7 Å². The highest BCUT2D eigenvalue weighted by atomic mass is 15.0. The van der Waals surface area contributed by atoms with Crippen molar-refractivity contribution >= 4 is 32.9 Å². The Labute approximate surface area is 279 Å². The Morgan fingerprint density at radius 3 is 1.69 bits per heavy atom. The zero-order chi connectivity index (χ0) is 32.5. The third kappa shape index (κ3) is 5.17. The maximum absolute atomic E-state index is 5.27. The van der Waals surface area contributed by atoms with Crippen molar-refractivity contribution in [2.24, 2.45) is 0 Å². The molecule has 0 unspecified atom stereocenters. The molecular formula is C43H31N5. The predicted octanol–water partition coefficient (Wildman–Crippen LogP) is 10.6. The molecule has 5 heteroatoms. The Balaban J connectivity index is 1.41. The van der Waals surface area contributed by atoms with E-state index in [9.17, 15) is 0 Å². The number of benzene rings is 5. The zero-order valence-electron chi connectivity index (χ0n) is 26.5. The van der Waals surface area contributed by atoms with Crippen molar-refractivity contribution in [1.82, 2.24) is 24.3 Å². The number of imidazole rings is 1. The molecule has 0 saturated heterocycles. The number of allylic oxidation sites excluding steroid dienone is 5. The third-order valence-corrected chi connectivity index (χ3v) is 8.48. The van der Waals surface area contributed by atoms with Gasteiger partial charge >= 0.3 is 0 Å². The summed E-state index contributed by atoms with van der Waals surface area (Å²) >= 11 is 0. The van der Waals surface area contributed by atoms with E-state index in [1.807, 2.05) is 98.0 Å². The summed E-state index contributed by atoms with van der Waals surface area (Å²) in [5.74, 6) is 1.89. The molecule has 0 radical (unpaired) electrons. The van der Waals surface area contributed by atoms with Crippen molar-refractivity contribution in [1.29, 1.82) is 0 Å². The third-order valence-electron chi connectivity index (χ3n) is 8.48. The highest BCUT2D eigenvalue weighted by molar-refractivity contribution is 6.13. The molecule has 0 spiro atoms. The molecule has 48 heavy (non-hydrogen) atoms. The molecule has 8 aromatic rings. The van der Waals surface area contributed by atoms with Gasteiger partial charge in [-0.15, -0.1) is 0 Å². The molecule has 0 atom stereocenters. The monoisotopic (exact) mass is 617 g/mol. The van der Waals surface area contributed by atoms with E-state index >= 15 is 0 Å². The van der Waals surface area contributed by atoms with Crippen molar-refractivity contribution in [2.75, 3.05) is 0 Å². The van der Waals surface area contributed by atoms with Crippen LogP contribution in [0.25, 0.3) is 78.3 Å². The Kier molecular flexibility index (Phi) is 7.48. The fraction of sp³-hybridized carbons (Fsp3) is 0.0233. The van der Waals surface area contributed by atoms with Gasteiger partial charge in [-0.05, 0) is 36.1 Å². The Hall–Kier alpha value is -6.46. The van der Waals surface area contributed by atoms with Gasteiger partial charge in [-0.25, -0.2) is 19.9 Å². The second-order valence-electron chi connectivity index (χ2n) is 11.6. The lowest BCUT2D eigenvalue weighted by atomic mass is 10.0. The molecular weight excluding hydrogens is 587 g/mol. The van der Waals surface area contributed by atoms with E-state index in [0.29, 0.717) is 17.5 Å². The number of fused-ring (bicyclic) bond motifs is 6. The molecule has 228 valence electrons. The molecule has 3 heterocycles. The smallest absolute Gasteiger partial charge is 0.164 e. The van der Waals surface area contributed by atoms with Crippen molar-refractivity contribution in [3.63, 3.8) is 0 Å². The molecule has 0 aliphatic rings. The molecule has 0 amide bonds. The van der Waals surface area contributed by atoms with Crippen LogP contribution in [0, 0.1) is 0 Å². The lowest BCUT2D eigenvalue weighted by Crippen LogP contribution is -2.00. The Morgan fingerprint density at radius 1 is 0.542 bits per heavy atom. The van der Waals surface area contributed by atoms with Crippen LogP contribution in [-0.4, -0.2) is 24.3 Å². The van der Waals surface area contributed by atoms with Gasteiger partial charge in [-0.1, -0.05) is 146 Å². The fourth-order valence-corrected chi connectivity index (χ4v) is 6.22. The van der Waals surface area contributed by atoms with E-state index in [1.165, 1.54) is 0 Å². The minimum atomic E-state index is 0.617. The highest BCUT2D eigenvalue weighted by Crippen LogP contribution is 2.38. The summed E-state index contributed by atoms with van der Waals surface area (Å²) < 4.78 is 2.28. The van der Waals surface area contributed by atoms with Crippen molar-refractivity contribution in [2.45, 2.75) is 6.92 Å². The molecule has 3 aromatic heterocycles. The average molecular weight is 618 g/mol. The van der Waals surface area contributed by atoms with Crippen LogP contribution >= 0.6 is 0 Å².